The Morgan fingerprint density at radius 2 is 1.89 bits per heavy atom. The van der Waals surface area contributed by atoms with Gasteiger partial charge in [-0.05, 0) is 57.1 Å². The summed E-state index contributed by atoms with van der Waals surface area (Å²) in [6.07, 6.45) is 5.67. The van der Waals surface area contributed by atoms with Crippen molar-refractivity contribution in [3.05, 3.63) is 35.0 Å². The number of carbonyl (C=O) groups excluding carboxylic acids is 1. The van der Waals surface area contributed by atoms with Crippen molar-refractivity contribution in [2.45, 2.75) is 70.1 Å². The summed E-state index contributed by atoms with van der Waals surface area (Å²) in [6.45, 7) is 1.86. The number of carbonyl (C=O) groups is 1. The fourth-order valence-corrected chi connectivity index (χ4v) is 5.38. The van der Waals surface area contributed by atoms with E-state index in [1.807, 2.05) is 11.5 Å². The van der Waals surface area contributed by atoms with E-state index in [0.717, 1.165) is 18.6 Å². The molecule has 2 atom stereocenters. The first kappa shape index (κ1) is 24.6. The summed E-state index contributed by atoms with van der Waals surface area (Å²) in [4.78, 5) is 25.6. The van der Waals surface area contributed by atoms with E-state index in [-0.39, 0.29) is 40.8 Å². The highest BCUT2D eigenvalue weighted by Crippen LogP contribution is 2.43. The molecule has 0 bridgehead atoms. The number of aliphatic hydroxyl groups is 1. The highest BCUT2D eigenvalue weighted by Gasteiger charge is 2.38. The zero-order valence-electron chi connectivity index (χ0n) is 19.8. The number of hydrogen-bond donors (Lipinski definition) is 4. The molecule has 0 saturated heterocycles. The summed E-state index contributed by atoms with van der Waals surface area (Å²) in [5.74, 6) is -1.45. The van der Waals surface area contributed by atoms with Gasteiger partial charge in [-0.25, -0.2) is 18.7 Å². The quantitative estimate of drug-likeness (QED) is 0.379. The number of fused-ring (bicyclic) bond motifs is 1. The Balaban J connectivity index is 1.53. The number of nitrogens with one attached hydrogen (secondary N) is 2. The highest BCUT2D eigenvalue weighted by molar-refractivity contribution is 6.30. The zero-order chi connectivity index (χ0) is 25.6. The monoisotopic (exact) mass is 519 g/mol. The van der Waals surface area contributed by atoms with E-state index in [1.54, 1.807) is 6.20 Å². The molecule has 36 heavy (non-hydrogen) atoms. The van der Waals surface area contributed by atoms with Gasteiger partial charge in [0.25, 0.3) is 0 Å². The number of imidazole rings is 1. The number of nitrogens with two attached hydrogens (primary N) is 1. The van der Waals surface area contributed by atoms with Gasteiger partial charge >= 0.3 is 0 Å². The van der Waals surface area contributed by atoms with Crippen molar-refractivity contribution in [3.63, 3.8) is 0 Å². The summed E-state index contributed by atoms with van der Waals surface area (Å²) in [5.41, 5.74) is 5.59. The van der Waals surface area contributed by atoms with Crippen molar-refractivity contribution in [2.75, 3.05) is 10.6 Å². The van der Waals surface area contributed by atoms with Crippen LogP contribution in [-0.2, 0) is 4.79 Å². The molecule has 3 aromatic rings. The van der Waals surface area contributed by atoms with E-state index in [4.69, 9.17) is 17.3 Å². The Morgan fingerprint density at radius 3 is 2.50 bits per heavy atom. The van der Waals surface area contributed by atoms with Crippen molar-refractivity contribution in [1.82, 2.24) is 19.5 Å². The Bertz CT molecular complexity index is 1290. The maximum Gasteiger partial charge on any atom is 0.224 e. The number of anilines is 3. The number of aromatic nitrogens is 4. The van der Waals surface area contributed by atoms with Crippen LogP contribution in [0.2, 0.25) is 5.02 Å². The number of halogens is 3. The summed E-state index contributed by atoms with van der Waals surface area (Å²) in [5, 5.41) is 15.9. The predicted molar refractivity (Wildman–Crippen MR) is 132 cm³/mol. The molecule has 2 fully saturated rings. The number of nitrogens with zero attached hydrogens (tertiary/aromatic N) is 4. The van der Waals surface area contributed by atoms with E-state index in [1.165, 1.54) is 0 Å². The Morgan fingerprint density at radius 1 is 1.19 bits per heavy atom. The Hall–Kier alpha value is -3.05. The zero-order valence-corrected chi connectivity index (χ0v) is 20.5. The van der Waals surface area contributed by atoms with Gasteiger partial charge in [0.15, 0.2) is 17.3 Å². The van der Waals surface area contributed by atoms with E-state index in [0.29, 0.717) is 55.6 Å². The summed E-state index contributed by atoms with van der Waals surface area (Å²) >= 11 is 5.78. The second kappa shape index (κ2) is 9.44. The lowest BCUT2D eigenvalue weighted by molar-refractivity contribution is -0.128. The molecule has 1 aromatic carbocycles. The topological polar surface area (TPSA) is 131 Å². The van der Waals surface area contributed by atoms with Crippen LogP contribution in [0.25, 0.3) is 11.2 Å². The summed E-state index contributed by atoms with van der Waals surface area (Å²) in [6, 6.07) is 1.96. The van der Waals surface area contributed by atoms with Crippen LogP contribution in [0.4, 0.5) is 26.4 Å². The van der Waals surface area contributed by atoms with Crippen LogP contribution in [0.5, 0.6) is 0 Å². The number of primary amides is 1. The van der Waals surface area contributed by atoms with Crippen molar-refractivity contribution in [2.24, 2.45) is 11.1 Å². The maximum atomic E-state index is 14.6. The lowest BCUT2D eigenvalue weighted by Crippen LogP contribution is -2.38. The molecule has 12 heteroatoms. The van der Waals surface area contributed by atoms with Gasteiger partial charge in [0.1, 0.15) is 11.2 Å². The summed E-state index contributed by atoms with van der Waals surface area (Å²) < 4.78 is 31.0. The molecule has 5 rings (SSSR count). The fraction of sp³-hybridized carbons (Fsp3) is 0.500. The van der Waals surface area contributed by atoms with Gasteiger partial charge in [-0.15, -0.1) is 0 Å². The molecule has 2 aliphatic carbocycles. The van der Waals surface area contributed by atoms with E-state index >= 15 is 0 Å². The van der Waals surface area contributed by atoms with Gasteiger partial charge in [-0.1, -0.05) is 18.5 Å². The van der Waals surface area contributed by atoms with Gasteiger partial charge in [0.2, 0.25) is 17.8 Å². The minimum atomic E-state index is -0.850. The molecular weight excluding hydrogens is 492 g/mol. The third-order valence-electron chi connectivity index (χ3n) is 7.43. The molecule has 0 aliphatic heterocycles. The van der Waals surface area contributed by atoms with Crippen LogP contribution in [-0.4, -0.2) is 42.7 Å². The molecule has 2 heterocycles. The van der Waals surface area contributed by atoms with E-state index < -0.39 is 17.0 Å². The molecule has 5 N–H and O–H groups in total. The van der Waals surface area contributed by atoms with Crippen molar-refractivity contribution in [3.8, 4) is 0 Å². The molecule has 9 nitrogen and oxygen atoms in total. The molecule has 2 saturated carbocycles. The Labute approximate surface area is 211 Å². The first-order chi connectivity index (χ1) is 17.1. The Kier molecular flexibility index (Phi) is 6.46. The van der Waals surface area contributed by atoms with E-state index in [9.17, 15) is 18.7 Å². The molecule has 1 amide bonds. The lowest BCUT2D eigenvalue weighted by atomic mass is 9.73. The first-order valence-corrected chi connectivity index (χ1v) is 12.4. The molecule has 192 valence electrons. The molecule has 2 aromatic heterocycles. The second-order valence-electron chi connectivity index (χ2n) is 10.0. The van der Waals surface area contributed by atoms with Crippen LogP contribution >= 0.6 is 11.6 Å². The van der Waals surface area contributed by atoms with Gasteiger partial charge in [-0.2, -0.15) is 4.98 Å². The van der Waals surface area contributed by atoms with Gasteiger partial charge in [-0.3, -0.25) is 9.36 Å². The normalized spacial score (nSPS) is 26.3. The molecule has 0 spiro atoms. The summed E-state index contributed by atoms with van der Waals surface area (Å²) in [7, 11) is 0. The maximum absolute atomic E-state index is 14.6. The molecular formula is C24H28ClF2N7O2. The first-order valence-electron chi connectivity index (χ1n) is 12.0. The number of amides is 1. The fourth-order valence-electron chi connectivity index (χ4n) is 5.18. The lowest BCUT2D eigenvalue weighted by Gasteiger charge is -2.35. The number of benzene rings is 1. The van der Waals surface area contributed by atoms with Crippen LogP contribution in [0.15, 0.2) is 18.3 Å². The van der Waals surface area contributed by atoms with Crippen molar-refractivity contribution < 1.29 is 18.7 Å². The SMILES string of the molecule is C[C@]1(C(N)=O)CC[C@@H](n2c(Nc3c(F)cc(Cl)cc3F)nc3cnc(N[C@@H]4CC[C@@H](O)C4)nc32)CC1. The van der Waals surface area contributed by atoms with Gasteiger partial charge < -0.3 is 21.5 Å². The average molecular weight is 520 g/mol. The third-order valence-corrected chi connectivity index (χ3v) is 7.65. The van der Waals surface area contributed by atoms with Crippen LogP contribution in [0.3, 0.4) is 0 Å². The van der Waals surface area contributed by atoms with Crippen LogP contribution < -0.4 is 16.4 Å². The standard InChI is InChI=1S/C24H28ClF2N7O2/c1-24(21(28)36)6-4-14(5-7-24)34-20-18(11-29-22(33-20)30-13-2-3-15(35)10-13)31-23(34)32-19-16(26)8-12(25)9-17(19)27/h8-9,11,13-15,35H,2-7,10H2,1H3,(H2,28,36)(H,31,32)(H,29,30,33)/t13-,14-,15-,24+/m1/s1. The predicted octanol–water partition coefficient (Wildman–Crippen LogP) is 4.43. The third kappa shape index (κ3) is 4.69. The van der Waals surface area contributed by atoms with Crippen molar-refractivity contribution >= 4 is 46.3 Å². The molecule has 0 radical (unpaired) electrons. The van der Waals surface area contributed by atoms with Gasteiger partial charge in [0.05, 0.1) is 12.3 Å². The average Bonchev–Trinajstić information content (AvgIpc) is 3.39. The number of rotatable bonds is 6. The van der Waals surface area contributed by atoms with Crippen LogP contribution in [0, 0.1) is 17.0 Å². The highest BCUT2D eigenvalue weighted by atomic mass is 35.5. The van der Waals surface area contributed by atoms with Crippen LogP contribution in [0.1, 0.15) is 57.9 Å². The number of hydrogen-bond acceptors (Lipinski definition) is 7. The van der Waals surface area contributed by atoms with Gasteiger partial charge in [0, 0.05) is 22.5 Å². The molecule has 2 aliphatic rings. The smallest absolute Gasteiger partial charge is 0.224 e. The largest absolute Gasteiger partial charge is 0.393 e. The second-order valence-corrected chi connectivity index (χ2v) is 10.5. The van der Waals surface area contributed by atoms with Crippen molar-refractivity contribution in [1.29, 1.82) is 0 Å². The minimum absolute atomic E-state index is 0.0506. The van der Waals surface area contributed by atoms with E-state index in [2.05, 4.69) is 25.6 Å². The number of aliphatic hydroxyl groups excluding tert-OH is 1. The minimum Gasteiger partial charge on any atom is -0.393 e. The molecule has 0 unspecified atom stereocenters.